The van der Waals surface area contributed by atoms with E-state index in [0.717, 1.165) is 11.1 Å². The number of esters is 1. The number of carbonyl (C=O) groups is 2. The predicted octanol–water partition coefficient (Wildman–Crippen LogP) is 3.14. The summed E-state index contributed by atoms with van der Waals surface area (Å²) >= 11 is 9.56. The number of carbonyl (C=O) groups excluding carboxylic acids is 1. The molecule has 280 valence electrons. The summed E-state index contributed by atoms with van der Waals surface area (Å²) in [5.41, 5.74) is 4.64. The van der Waals surface area contributed by atoms with E-state index in [1.54, 1.807) is 124 Å². The van der Waals surface area contributed by atoms with E-state index in [4.69, 9.17) is 32.2 Å². The quantitative estimate of drug-likeness (QED) is 0.466. The Kier molecular flexibility index (Phi) is 35.5. The Balaban J connectivity index is 0.000000354. The van der Waals surface area contributed by atoms with Crippen molar-refractivity contribution in [1.29, 1.82) is 0 Å². The van der Waals surface area contributed by atoms with Gasteiger partial charge in [-0.2, -0.15) is 0 Å². The predicted molar refractivity (Wildman–Crippen MR) is 288 cm³/mol. The van der Waals surface area contributed by atoms with Crippen LogP contribution >= 0.6 is 0 Å². The lowest BCUT2D eigenvalue weighted by Gasteiger charge is -2.13. The standard InChI is InChI=1S/C18H16O4.S28/c19-17(20)9-10-18(21)22-11-16-14-7-3-1-5-12(14)13-6-2-4-8-15(13)16;1-3-5-7-9-11-13-15-17-19-21-23-25-27-28-26-24-22-20-18-16-14-12-10-8-6-4-2/h1-8,16H,9-11H2,(H,19,20);. The van der Waals surface area contributed by atoms with Crippen molar-refractivity contribution < 1.29 is 19.4 Å². The molecule has 0 unspecified atom stereocenters. The van der Waals surface area contributed by atoms with E-state index in [-0.39, 0.29) is 25.4 Å². The van der Waals surface area contributed by atoms with Gasteiger partial charge in [-0.15, -0.1) is 0 Å². The fourth-order valence-corrected chi connectivity index (χ4v) is 69.0. The maximum absolute atomic E-state index is 11.6. The lowest BCUT2D eigenvalue weighted by atomic mass is 9.98. The molecule has 4 nitrogen and oxygen atoms in total. The summed E-state index contributed by atoms with van der Waals surface area (Å²) in [4.78, 5) is 22.1. The number of fused-ring (bicyclic) bond motifs is 3. The average Bonchev–Trinajstić information content (AvgIpc) is 3.45. The number of carboxylic acids is 1. The second-order valence-corrected chi connectivity index (χ2v) is 53.1. The Morgan fingerprint density at radius 1 is 0.500 bits per heavy atom. The monoisotopic (exact) mass is 1190 g/mol. The van der Waals surface area contributed by atoms with E-state index in [9.17, 15) is 9.59 Å². The number of aliphatic carboxylic acids is 1. The molecule has 1 N–H and O–H groups in total. The van der Waals surface area contributed by atoms with Gasteiger partial charge in [0.15, 0.2) is 0 Å². The van der Waals surface area contributed by atoms with Crippen molar-refractivity contribution in [1.82, 2.24) is 0 Å². The van der Waals surface area contributed by atoms with Crippen LogP contribution in [0.5, 0.6) is 0 Å². The molecule has 0 spiro atoms. The van der Waals surface area contributed by atoms with Gasteiger partial charge < -0.3 is 9.84 Å². The van der Waals surface area contributed by atoms with Gasteiger partial charge in [-0.1, -0.05) is 48.5 Å². The van der Waals surface area contributed by atoms with Crippen molar-refractivity contribution in [3.63, 3.8) is 0 Å². The number of hydrogen-bond acceptors (Lipinski definition) is 5. The van der Waals surface area contributed by atoms with Crippen LogP contribution in [0, 0.1) is 0 Å². The van der Waals surface area contributed by atoms with Crippen LogP contribution in [0.2, 0.25) is 0 Å². The molecule has 0 atom stereocenters. The molecule has 0 saturated carbocycles. The first-order valence-corrected chi connectivity index (χ1v) is 47.7. The minimum absolute atomic E-state index is 0.0150. The third-order valence-electron chi connectivity index (χ3n) is 4.61. The highest BCUT2D eigenvalue weighted by Crippen LogP contribution is 2.44. The SMILES string of the molecule is O=C(O)CCC(=O)OCC1c2ccccc2-c2ccccc21.S=S=S=S=S=S=S=S=S=S=S=S=S=S=S=S=S=S=S=S=S=S=S=S=S=S=S=S. The topological polar surface area (TPSA) is 63.6 Å². The summed E-state index contributed by atoms with van der Waals surface area (Å²) < 4.78 is 5.29. The third kappa shape index (κ3) is 25.0. The second kappa shape index (κ2) is 35.7. The molecule has 32 heteroatoms. The zero-order valence-corrected chi connectivity index (χ0v) is 46.3. The van der Waals surface area contributed by atoms with Crippen molar-refractivity contribution in [2.75, 3.05) is 6.61 Å². The molecule has 50 heavy (non-hydrogen) atoms. The fraction of sp³-hybridized carbons (Fsp3) is 0.222. The van der Waals surface area contributed by atoms with Crippen LogP contribution in [0.25, 0.3) is 11.1 Å². The van der Waals surface area contributed by atoms with E-state index in [1.807, 2.05) is 125 Å². The van der Waals surface area contributed by atoms with E-state index in [1.165, 1.54) is 28.9 Å². The zero-order valence-electron chi connectivity index (χ0n) is 23.4. The number of rotatable bonds is 5. The van der Waals surface area contributed by atoms with Crippen molar-refractivity contribution in [2.45, 2.75) is 18.8 Å². The molecule has 2 aromatic rings. The minimum Gasteiger partial charge on any atom is -0.481 e. The van der Waals surface area contributed by atoms with Gasteiger partial charge in [-0.05, 0) is 22.3 Å². The van der Waals surface area contributed by atoms with Crippen LogP contribution < -0.4 is 0 Å². The third-order valence-corrected chi connectivity index (χ3v) is 60.2. The summed E-state index contributed by atoms with van der Waals surface area (Å²) in [7, 11) is 45.4. The van der Waals surface area contributed by atoms with Crippen molar-refractivity contribution in [3.05, 3.63) is 59.7 Å². The Morgan fingerprint density at radius 2 is 0.800 bits per heavy atom. The van der Waals surface area contributed by atoms with Gasteiger partial charge in [0.1, 0.15) is 6.61 Å². The molecule has 1 aliphatic carbocycles. The maximum Gasteiger partial charge on any atom is 0.306 e. The molecule has 0 amide bonds. The largest absolute Gasteiger partial charge is 0.481 e. The van der Waals surface area contributed by atoms with Gasteiger partial charge in [0.25, 0.3) is 0 Å². The molecule has 0 radical (unpaired) electrons. The molecular formula is C18H16O4S28. The molecular weight excluding hydrogens is 1180 g/mol. The Hall–Kier alpha value is 3.54. The Labute approximate surface area is 373 Å². The molecule has 0 bridgehead atoms. The van der Waals surface area contributed by atoms with Gasteiger partial charge in [0.2, 0.25) is 0 Å². The average molecular weight is 1190 g/mol. The number of benzene rings is 2. The summed E-state index contributed by atoms with van der Waals surface area (Å²) in [6.45, 7) is 0.243. The molecule has 1 aliphatic rings. The zero-order chi connectivity index (χ0) is 35.9. The lowest BCUT2D eigenvalue weighted by molar-refractivity contribution is -0.147. The summed E-state index contributed by atoms with van der Waals surface area (Å²) in [5, 5.41) is 8.59. The van der Waals surface area contributed by atoms with Crippen molar-refractivity contribution in [2.24, 2.45) is 0 Å². The molecule has 3 rings (SSSR count). The van der Waals surface area contributed by atoms with E-state index < -0.39 is 11.9 Å². The molecule has 0 aromatic heterocycles. The van der Waals surface area contributed by atoms with Crippen LogP contribution in [0.1, 0.15) is 29.9 Å². The van der Waals surface area contributed by atoms with Crippen LogP contribution in [0.15, 0.2) is 48.5 Å². The van der Waals surface area contributed by atoms with E-state index in [0.29, 0.717) is 0 Å². The fourth-order valence-electron chi connectivity index (χ4n) is 3.17. The molecule has 0 saturated heterocycles. The summed E-state index contributed by atoms with van der Waals surface area (Å²) in [6.07, 6.45) is -0.290. The highest BCUT2D eigenvalue weighted by atomic mass is 33.5. The smallest absolute Gasteiger partial charge is 0.306 e. The van der Waals surface area contributed by atoms with Crippen molar-refractivity contribution in [3.8, 4) is 11.1 Å². The van der Waals surface area contributed by atoms with Gasteiger partial charge in [-0.25, -0.2) is 0 Å². The second-order valence-electron chi connectivity index (χ2n) is 7.07. The molecule has 2 aromatic carbocycles. The van der Waals surface area contributed by atoms with Crippen LogP contribution in [-0.2, 0) is 268 Å². The van der Waals surface area contributed by atoms with Gasteiger partial charge >= 0.3 is 11.9 Å². The van der Waals surface area contributed by atoms with E-state index in [2.05, 4.69) is 12.1 Å². The number of ether oxygens (including phenoxy) is 1. The van der Waals surface area contributed by atoms with Gasteiger partial charge in [0, 0.05) is 259 Å². The van der Waals surface area contributed by atoms with Crippen LogP contribution in [0.3, 0.4) is 0 Å². The number of carboxylic acid groups (broad SMARTS) is 1. The van der Waals surface area contributed by atoms with E-state index >= 15 is 0 Å². The first-order chi connectivity index (χ1) is 24.6. The first-order valence-electron chi connectivity index (χ1n) is 11.7. The molecule has 0 heterocycles. The Morgan fingerprint density at radius 3 is 1.10 bits per heavy atom. The summed E-state index contributed by atoms with van der Waals surface area (Å²) in [5.74, 6) is -1.45. The van der Waals surface area contributed by atoms with Gasteiger partial charge in [0.05, 0.1) is 12.8 Å². The highest BCUT2D eigenvalue weighted by Gasteiger charge is 2.28. The first kappa shape index (κ1) is 49.7. The number of hydrogen-bond donors (Lipinski definition) is 1. The van der Waals surface area contributed by atoms with Crippen molar-refractivity contribution >= 4 is 265 Å². The summed E-state index contributed by atoms with van der Waals surface area (Å²) in [6, 6.07) is 16.2. The molecule has 0 fully saturated rings. The van der Waals surface area contributed by atoms with Crippen LogP contribution in [0.4, 0.5) is 0 Å². The minimum atomic E-state index is -0.992. The van der Waals surface area contributed by atoms with Gasteiger partial charge in [-0.3, -0.25) is 9.59 Å². The highest BCUT2D eigenvalue weighted by molar-refractivity contribution is 8.79. The molecule has 0 aliphatic heterocycles. The normalized spacial score (nSPS) is 9.76. The maximum atomic E-state index is 11.6. The Bertz CT molecular complexity index is 2580. The van der Waals surface area contributed by atoms with Crippen LogP contribution in [-0.4, -0.2) is 23.7 Å². The lowest BCUT2D eigenvalue weighted by Crippen LogP contribution is -2.13.